The molecule has 134 valence electrons. The van der Waals surface area contributed by atoms with E-state index < -0.39 is 0 Å². The Morgan fingerprint density at radius 2 is 1.69 bits per heavy atom. The lowest BCUT2D eigenvalue weighted by Gasteiger charge is -2.09. The van der Waals surface area contributed by atoms with Crippen LogP contribution in [0.1, 0.15) is 35.3 Å². The topological polar surface area (TPSA) is 51.1 Å². The third kappa shape index (κ3) is 3.69. The molecule has 0 fully saturated rings. The molecule has 1 N–H and O–H groups in total. The number of rotatable bonds is 5. The Kier molecular flexibility index (Phi) is 4.94. The van der Waals surface area contributed by atoms with Crippen LogP contribution >= 0.6 is 0 Å². The number of amides is 1. The molecule has 0 atom stereocenters. The zero-order valence-electron chi connectivity index (χ0n) is 15.7. The molecule has 0 spiro atoms. The van der Waals surface area contributed by atoms with Crippen LogP contribution in [0.25, 0.3) is 10.9 Å². The van der Waals surface area contributed by atoms with E-state index >= 15 is 0 Å². The van der Waals surface area contributed by atoms with Crippen molar-refractivity contribution in [2.45, 2.75) is 34.2 Å². The Labute approximate surface area is 153 Å². The molecule has 26 heavy (non-hydrogen) atoms. The number of nitrogens with zero attached hydrogens (tertiary/aromatic N) is 1. The zero-order valence-corrected chi connectivity index (χ0v) is 15.7. The first-order valence-electron chi connectivity index (χ1n) is 8.85. The van der Waals surface area contributed by atoms with Gasteiger partial charge in [0.1, 0.15) is 6.54 Å². The smallest absolute Gasteiger partial charge is 0.244 e. The maximum Gasteiger partial charge on any atom is 0.244 e. The van der Waals surface area contributed by atoms with E-state index in [0.717, 1.165) is 27.7 Å². The van der Waals surface area contributed by atoms with Gasteiger partial charge >= 0.3 is 0 Å². The van der Waals surface area contributed by atoms with Crippen LogP contribution in [0, 0.1) is 19.8 Å². The molecule has 0 aliphatic rings. The van der Waals surface area contributed by atoms with Crippen molar-refractivity contribution in [2.24, 2.45) is 5.92 Å². The molecule has 4 heteroatoms. The Morgan fingerprint density at radius 1 is 1.04 bits per heavy atom. The highest BCUT2D eigenvalue weighted by Gasteiger charge is 2.18. The zero-order chi connectivity index (χ0) is 18.8. The average molecular weight is 348 g/mol. The highest BCUT2D eigenvalue weighted by molar-refractivity contribution is 6.09. The minimum atomic E-state index is -0.112. The fraction of sp³-hybridized carbons (Fsp3) is 0.273. The Hall–Kier alpha value is -2.88. The summed E-state index contributed by atoms with van der Waals surface area (Å²) in [5, 5.41) is 3.85. The molecular formula is C22H24N2O2. The van der Waals surface area contributed by atoms with Gasteiger partial charge in [0.15, 0.2) is 5.78 Å². The number of anilines is 1. The molecule has 3 aromatic rings. The predicted molar refractivity (Wildman–Crippen MR) is 106 cm³/mol. The molecule has 1 aromatic heterocycles. The molecule has 0 bridgehead atoms. The number of Topliss-reactive ketones (excluding diaryl/α,β-unsaturated/α-hetero) is 1. The summed E-state index contributed by atoms with van der Waals surface area (Å²) in [6, 6.07) is 13.7. The van der Waals surface area contributed by atoms with Crippen molar-refractivity contribution in [3.8, 4) is 0 Å². The van der Waals surface area contributed by atoms with E-state index in [2.05, 4.69) is 11.4 Å². The van der Waals surface area contributed by atoms with Crippen LogP contribution in [0.15, 0.2) is 48.7 Å². The molecule has 4 nitrogen and oxygen atoms in total. The number of aromatic nitrogens is 1. The molecule has 0 radical (unpaired) electrons. The maximum atomic E-state index is 12.5. The van der Waals surface area contributed by atoms with Crippen molar-refractivity contribution in [2.75, 3.05) is 5.32 Å². The molecule has 1 heterocycles. The third-order valence-electron chi connectivity index (χ3n) is 4.40. The van der Waals surface area contributed by atoms with Gasteiger partial charge in [-0.15, -0.1) is 0 Å². The van der Waals surface area contributed by atoms with Gasteiger partial charge in [-0.3, -0.25) is 9.59 Å². The fourth-order valence-corrected chi connectivity index (χ4v) is 3.29. The summed E-state index contributed by atoms with van der Waals surface area (Å²) in [5.41, 5.74) is 4.58. The lowest BCUT2D eigenvalue weighted by atomic mass is 10.0. The van der Waals surface area contributed by atoms with E-state index in [4.69, 9.17) is 0 Å². The van der Waals surface area contributed by atoms with Crippen LogP contribution in [0.5, 0.6) is 0 Å². The van der Waals surface area contributed by atoms with E-state index in [1.165, 1.54) is 0 Å². The Balaban J connectivity index is 1.88. The van der Waals surface area contributed by atoms with E-state index in [9.17, 15) is 9.59 Å². The van der Waals surface area contributed by atoms with Gasteiger partial charge in [-0.2, -0.15) is 0 Å². The number of aryl methyl sites for hydroxylation is 2. The number of benzene rings is 2. The molecule has 0 unspecified atom stereocenters. The van der Waals surface area contributed by atoms with Crippen LogP contribution in [-0.4, -0.2) is 16.3 Å². The highest BCUT2D eigenvalue weighted by Crippen LogP contribution is 2.24. The number of fused-ring (bicyclic) bond motifs is 1. The normalized spacial score (nSPS) is 11.1. The Bertz CT molecular complexity index is 963. The average Bonchev–Trinajstić information content (AvgIpc) is 2.91. The van der Waals surface area contributed by atoms with Crippen molar-refractivity contribution >= 4 is 28.3 Å². The van der Waals surface area contributed by atoms with Gasteiger partial charge in [-0.25, -0.2) is 0 Å². The number of carbonyl (C=O) groups excluding carboxylic acids is 2. The van der Waals surface area contributed by atoms with Crippen LogP contribution < -0.4 is 5.32 Å². The molecule has 0 aliphatic heterocycles. The lowest BCUT2D eigenvalue weighted by Crippen LogP contribution is -2.18. The quantitative estimate of drug-likeness (QED) is 0.677. The second-order valence-electron chi connectivity index (χ2n) is 7.13. The molecule has 0 aliphatic carbocycles. The minimum Gasteiger partial charge on any atom is -0.337 e. The molecular weight excluding hydrogens is 324 g/mol. The first-order valence-corrected chi connectivity index (χ1v) is 8.85. The summed E-state index contributed by atoms with van der Waals surface area (Å²) >= 11 is 0. The van der Waals surface area contributed by atoms with Crippen molar-refractivity contribution in [1.29, 1.82) is 0 Å². The molecule has 1 amide bonds. The Morgan fingerprint density at radius 3 is 2.35 bits per heavy atom. The molecule has 3 rings (SSSR count). The number of hydrogen-bond acceptors (Lipinski definition) is 2. The van der Waals surface area contributed by atoms with Gasteiger partial charge in [-0.1, -0.05) is 38.1 Å². The largest absolute Gasteiger partial charge is 0.337 e. The first-order chi connectivity index (χ1) is 12.3. The molecule has 0 saturated heterocycles. The SMILES string of the molecule is Cc1cc(C)cc(NC(=O)Cn2cc(C(=O)C(C)C)c3ccccc32)c1. The van der Waals surface area contributed by atoms with Gasteiger partial charge in [0.05, 0.1) is 0 Å². The van der Waals surface area contributed by atoms with E-state index in [1.807, 2.05) is 68.7 Å². The van der Waals surface area contributed by atoms with Crippen molar-refractivity contribution in [3.63, 3.8) is 0 Å². The summed E-state index contributed by atoms with van der Waals surface area (Å²) in [5.74, 6) is -0.104. The van der Waals surface area contributed by atoms with Crippen LogP contribution in [0.2, 0.25) is 0 Å². The van der Waals surface area contributed by atoms with Gasteiger partial charge in [0.2, 0.25) is 5.91 Å². The van der Waals surface area contributed by atoms with E-state index in [-0.39, 0.29) is 24.2 Å². The van der Waals surface area contributed by atoms with Crippen molar-refractivity contribution in [1.82, 2.24) is 4.57 Å². The van der Waals surface area contributed by atoms with E-state index in [1.54, 1.807) is 6.20 Å². The third-order valence-corrected chi connectivity index (χ3v) is 4.40. The maximum absolute atomic E-state index is 12.5. The fourth-order valence-electron chi connectivity index (χ4n) is 3.29. The lowest BCUT2D eigenvalue weighted by molar-refractivity contribution is -0.116. The second-order valence-corrected chi connectivity index (χ2v) is 7.13. The standard InChI is InChI=1S/C22H24N2O2/c1-14(2)22(26)19-12-24(20-8-6-5-7-18(19)20)13-21(25)23-17-10-15(3)9-16(4)11-17/h5-12,14H,13H2,1-4H3,(H,23,25). The number of para-hydroxylation sites is 1. The van der Waals surface area contributed by atoms with Gasteiger partial charge in [0, 0.05) is 34.3 Å². The van der Waals surface area contributed by atoms with E-state index in [0.29, 0.717) is 5.56 Å². The van der Waals surface area contributed by atoms with Gasteiger partial charge in [-0.05, 0) is 43.2 Å². The summed E-state index contributed by atoms with van der Waals surface area (Å²) in [7, 11) is 0. The van der Waals surface area contributed by atoms with Crippen LogP contribution in [0.4, 0.5) is 5.69 Å². The number of carbonyl (C=O) groups is 2. The highest BCUT2D eigenvalue weighted by atomic mass is 16.2. The van der Waals surface area contributed by atoms with Gasteiger partial charge in [0.25, 0.3) is 0 Å². The van der Waals surface area contributed by atoms with Gasteiger partial charge < -0.3 is 9.88 Å². The van der Waals surface area contributed by atoms with Crippen molar-refractivity contribution < 1.29 is 9.59 Å². The van der Waals surface area contributed by atoms with Crippen LogP contribution in [-0.2, 0) is 11.3 Å². The monoisotopic (exact) mass is 348 g/mol. The molecule has 0 saturated carbocycles. The first kappa shape index (κ1) is 17.9. The summed E-state index contributed by atoms with van der Waals surface area (Å²) in [6.07, 6.45) is 1.80. The number of hydrogen-bond donors (Lipinski definition) is 1. The second kappa shape index (κ2) is 7.16. The summed E-state index contributed by atoms with van der Waals surface area (Å²) < 4.78 is 1.85. The van der Waals surface area contributed by atoms with Crippen molar-refractivity contribution in [3.05, 3.63) is 65.4 Å². The predicted octanol–water partition coefficient (Wildman–Crippen LogP) is 4.74. The number of ketones is 1. The summed E-state index contributed by atoms with van der Waals surface area (Å²) in [6.45, 7) is 7.96. The minimum absolute atomic E-state index is 0.0849. The molecule has 2 aromatic carbocycles. The summed E-state index contributed by atoms with van der Waals surface area (Å²) in [4.78, 5) is 25.1. The number of nitrogens with one attached hydrogen (secondary N) is 1. The van der Waals surface area contributed by atoms with Crippen LogP contribution in [0.3, 0.4) is 0 Å².